The van der Waals surface area contributed by atoms with Crippen molar-refractivity contribution in [2.75, 3.05) is 27.9 Å². The number of hydrogen-bond acceptors (Lipinski definition) is 5. The molecule has 0 aliphatic rings. The molecule has 0 fully saturated rings. The monoisotopic (exact) mass is 382 g/mol. The van der Waals surface area contributed by atoms with Gasteiger partial charge in [-0.05, 0) is 23.8 Å². The number of fused-ring (bicyclic) bond motifs is 1. The van der Waals surface area contributed by atoms with E-state index in [1.54, 1.807) is 12.1 Å². The Balaban J connectivity index is 1.67. The average molecular weight is 382 g/mol. The Kier molecular flexibility index (Phi) is 5.84. The average Bonchev–Trinajstić information content (AvgIpc) is 3.13. The van der Waals surface area contributed by atoms with E-state index in [2.05, 4.69) is 10.3 Å². The summed E-state index contributed by atoms with van der Waals surface area (Å²) in [7, 11) is 4.45. The van der Waals surface area contributed by atoms with Crippen LogP contribution in [0.3, 0.4) is 0 Å². The number of methoxy groups -OCH3 is 3. The van der Waals surface area contributed by atoms with Crippen LogP contribution in [0.4, 0.5) is 0 Å². The number of H-pyrrole nitrogens is 1. The Bertz CT molecular complexity index is 984. The number of aromatic nitrogens is 1. The maximum absolute atomic E-state index is 12.5. The highest BCUT2D eigenvalue weighted by molar-refractivity contribution is 6.00. The van der Waals surface area contributed by atoms with Gasteiger partial charge in [0, 0.05) is 22.7 Å². The van der Waals surface area contributed by atoms with E-state index >= 15 is 0 Å². The Hall–Kier alpha value is -3.48. The number of benzene rings is 2. The van der Waals surface area contributed by atoms with E-state index in [1.807, 2.05) is 30.5 Å². The third kappa shape index (κ3) is 3.93. The summed E-state index contributed by atoms with van der Waals surface area (Å²) in [5.74, 6) is 0.688. The second-order valence-corrected chi connectivity index (χ2v) is 6.15. The van der Waals surface area contributed by atoms with Gasteiger partial charge >= 0.3 is 0 Å². The van der Waals surface area contributed by atoms with Crippen molar-refractivity contribution in [3.05, 3.63) is 53.7 Å². The minimum absolute atomic E-state index is 0.125. The number of amides is 1. The molecule has 0 bridgehead atoms. The number of carbonyl (C=O) groups is 2. The van der Waals surface area contributed by atoms with Crippen LogP contribution < -0.4 is 19.5 Å². The summed E-state index contributed by atoms with van der Waals surface area (Å²) in [6, 6.07) is 10.9. The molecule has 0 saturated heterocycles. The molecule has 7 heteroatoms. The van der Waals surface area contributed by atoms with Gasteiger partial charge in [0.25, 0.3) is 0 Å². The molecule has 0 aliphatic carbocycles. The van der Waals surface area contributed by atoms with Gasteiger partial charge in [0.05, 0.1) is 34.3 Å². The number of rotatable bonds is 8. The Morgan fingerprint density at radius 2 is 1.68 bits per heavy atom. The van der Waals surface area contributed by atoms with E-state index in [0.29, 0.717) is 22.8 Å². The number of ether oxygens (including phenoxy) is 3. The lowest BCUT2D eigenvalue weighted by atomic mass is 10.1. The van der Waals surface area contributed by atoms with Crippen molar-refractivity contribution in [3.8, 4) is 17.2 Å². The molecule has 1 heterocycles. The lowest BCUT2D eigenvalue weighted by Gasteiger charge is -2.13. The molecule has 3 rings (SSSR count). The molecule has 0 spiro atoms. The topological polar surface area (TPSA) is 89.7 Å². The quantitative estimate of drug-likeness (QED) is 0.585. The van der Waals surface area contributed by atoms with Gasteiger partial charge in [0.2, 0.25) is 11.7 Å². The summed E-state index contributed by atoms with van der Waals surface area (Å²) in [4.78, 5) is 28.0. The molecule has 0 atom stereocenters. The largest absolute Gasteiger partial charge is 0.493 e. The molecule has 0 saturated carbocycles. The fraction of sp³-hybridized carbons (Fsp3) is 0.238. The number of ketones is 1. The highest BCUT2D eigenvalue weighted by Crippen LogP contribution is 2.38. The molecule has 0 radical (unpaired) electrons. The predicted molar refractivity (Wildman–Crippen MR) is 105 cm³/mol. The molecule has 7 nitrogen and oxygen atoms in total. The zero-order valence-corrected chi connectivity index (χ0v) is 16.0. The molecule has 0 aliphatic heterocycles. The first-order valence-corrected chi connectivity index (χ1v) is 8.72. The maximum atomic E-state index is 12.5. The van der Waals surface area contributed by atoms with E-state index in [-0.39, 0.29) is 24.7 Å². The minimum atomic E-state index is -0.258. The lowest BCUT2D eigenvalue weighted by Crippen LogP contribution is -2.30. The Morgan fingerprint density at radius 1 is 1.00 bits per heavy atom. The molecule has 2 N–H and O–H groups in total. The van der Waals surface area contributed by atoms with Crippen LogP contribution in [-0.4, -0.2) is 44.5 Å². The standard InChI is InChI=1S/C21H22N2O5/c1-26-18-8-13(9-19(27-2)21(18)28-3)17(24)12-23-20(25)10-14-11-22-16-7-5-4-6-15(14)16/h4-9,11,22H,10,12H2,1-3H3,(H,23,25). The van der Waals surface area contributed by atoms with Gasteiger partial charge in [-0.1, -0.05) is 18.2 Å². The molecule has 1 aromatic heterocycles. The number of hydrogen-bond donors (Lipinski definition) is 2. The summed E-state index contributed by atoms with van der Waals surface area (Å²) in [5, 5.41) is 3.67. The van der Waals surface area contributed by atoms with Crippen LogP contribution in [0.1, 0.15) is 15.9 Å². The van der Waals surface area contributed by atoms with E-state index < -0.39 is 0 Å². The van der Waals surface area contributed by atoms with Crippen LogP contribution in [0.15, 0.2) is 42.6 Å². The zero-order chi connectivity index (χ0) is 20.1. The van der Waals surface area contributed by atoms with Crippen LogP contribution in [0, 0.1) is 0 Å². The first kappa shape index (κ1) is 19.3. The van der Waals surface area contributed by atoms with Crippen molar-refractivity contribution >= 4 is 22.6 Å². The molecule has 0 unspecified atom stereocenters. The van der Waals surface area contributed by atoms with Gasteiger partial charge in [-0.15, -0.1) is 0 Å². The van der Waals surface area contributed by atoms with Crippen molar-refractivity contribution in [3.63, 3.8) is 0 Å². The van der Waals surface area contributed by atoms with E-state index in [0.717, 1.165) is 16.5 Å². The maximum Gasteiger partial charge on any atom is 0.224 e. The number of nitrogens with one attached hydrogen (secondary N) is 2. The Labute approximate surface area is 162 Å². The van der Waals surface area contributed by atoms with E-state index in [1.165, 1.54) is 21.3 Å². The van der Waals surface area contributed by atoms with Crippen molar-refractivity contribution in [1.29, 1.82) is 0 Å². The van der Waals surface area contributed by atoms with Crippen LogP contribution in [0.25, 0.3) is 10.9 Å². The molecular weight excluding hydrogens is 360 g/mol. The fourth-order valence-corrected chi connectivity index (χ4v) is 3.04. The highest BCUT2D eigenvalue weighted by Gasteiger charge is 2.17. The first-order valence-electron chi connectivity index (χ1n) is 8.72. The predicted octanol–water partition coefficient (Wildman–Crippen LogP) is 2.74. The highest BCUT2D eigenvalue weighted by atomic mass is 16.5. The zero-order valence-electron chi connectivity index (χ0n) is 16.0. The molecule has 2 aromatic carbocycles. The van der Waals surface area contributed by atoms with Crippen molar-refractivity contribution in [1.82, 2.24) is 10.3 Å². The van der Waals surface area contributed by atoms with Crippen LogP contribution in [-0.2, 0) is 11.2 Å². The summed E-state index contributed by atoms with van der Waals surface area (Å²) >= 11 is 0. The number of Topliss-reactive ketones (excluding diaryl/α,β-unsaturated/α-hetero) is 1. The smallest absolute Gasteiger partial charge is 0.224 e. The lowest BCUT2D eigenvalue weighted by molar-refractivity contribution is -0.120. The Morgan fingerprint density at radius 3 is 2.32 bits per heavy atom. The number of aromatic amines is 1. The summed E-state index contributed by atoms with van der Waals surface area (Å²) in [6.45, 7) is -0.125. The normalized spacial score (nSPS) is 10.5. The van der Waals surface area contributed by atoms with Gasteiger partial charge in [-0.2, -0.15) is 0 Å². The SMILES string of the molecule is COc1cc(C(=O)CNC(=O)Cc2c[nH]c3ccccc23)cc(OC)c1OC. The number of carbonyl (C=O) groups excluding carboxylic acids is 2. The molecule has 1 amide bonds. The minimum Gasteiger partial charge on any atom is -0.493 e. The van der Waals surface area contributed by atoms with E-state index in [4.69, 9.17) is 14.2 Å². The third-order valence-corrected chi connectivity index (χ3v) is 4.46. The second kappa shape index (κ2) is 8.47. The summed E-state index contributed by atoms with van der Waals surface area (Å²) in [5.41, 5.74) is 2.22. The summed E-state index contributed by atoms with van der Waals surface area (Å²) in [6.07, 6.45) is 2.00. The number of para-hydroxylation sites is 1. The third-order valence-electron chi connectivity index (χ3n) is 4.46. The molecule has 28 heavy (non-hydrogen) atoms. The second-order valence-electron chi connectivity index (χ2n) is 6.15. The van der Waals surface area contributed by atoms with Crippen molar-refractivity contribution < 1.29 is 23.8 Å². The van der Waals surface area contributed by atoms with Gasteiger partial charge in [-0.25, -0.2) is 0 Å². The molecular formula is C21H22N2O5. The van der Waals surface area contributed by atoms with Crippen LogP contribution in [0.2, 0.25) is 0 Å². The van der Waals surface area contributed by atoms with Crippen LogP contribution >= 0.6 is 0 Å². The first-order chi connectivity index (χ1) is 13.6. The van der Waals surface area contributed by atoms with Gasteiger partial charge in [0.15, 0.2) is 17.3 Å². The molecule has 146 valence electrons. The van der Waals surface area contributed by atoms with Gasteiger partial charge < -0.3 is 24.5 Å². The fourth-order valence-electron chi connectivity index (χ4n) is 3.04. The van der Waals surface area contributed by atoms with Crippen LogP contribution in [0.5, 0.6) is 17.2 Å². The summed E-state index contributed by atoms with van der Waals surface area (Å²) < 4.78 is 15.8. The van der Waals surface area contributed by atoms with Crippen molar-refractivity contribution in [2.45, 2.75) is 6.42 Å². The van der Waals surface area contributed by atoms with E-state index in [9.17, 15) is 9.59 Å². The molecule has 3 aromatic rings. The van der Waals surface area contributed by atoms with Gasteiger partial charge in [0.1, 0.15) is 0 Å². The van der Waals surface area contributed by atoms with Gasteiger partial charge in [-0.3, -0.25) is 9.59 Å². The van der Waals surface area contributed by atoms with Crippen molar-refractivity contribution in [2.24, 2.45) is 0 Å².